The van der Waals surface area contributed by atoms with Crippen LogP contribution >= 0.6 is 0 Å². The summed E-state index contributed by atoms with van der Waals surface area (Å²) < 4.78 is 21.5. The monoisotopic (exact) mass is 371 g/mol. The molecule has 0 saturated carbocycles. The van der Waals surface area contributed by atoms with Gasteiger partial charge in [-0.15, -0.1) is 0 Å². The van der Waals surface area contributed by atoms with Gasteiger partial charge in [0.2, 0.25) is 18.0 Å². The largest absolute Gasteiger partial charge is 0.490 e. The van der Waals surface area contributed by atoms with Crippen LogP contribution in [-0.4, -0.2) is 31.9 Å². The lowest BCUT2D eigenvalue weighted by atomic mass is 9.77. The number of nitrogens with zero attached hydrogens (tertiary/aromatic N) is 1. The van der Waals surface area contributed by atoms with Crippen molar-refractivity contribution >= 4 is 0 Å². The number of piperidine rings is 1. The molecule has 1 atom stereocenters. The SMILES string of the molecule is COc1coc(CN2CCC[C@](C)(Cc3ccc4c(c3)OCO4)C2)cc1=O. The van der Waals surface area contributed by atoms with Crippen molar-refractivity contribution in [3.8, 4) is 17.2 Å². The normalized spacial score (nSPS) is 22.0. The molecular weight excluding hydrogens is 346 g/mol. The number of ether oxygens (including phenoxy) is 3. The molecule has 2 aliphatic heterocycles. The maximum atomic E-state index is 11.9. The molecule has 0 bridgehead atoms. The third kappa shape index (κ3) is 3.95. The van der Waals surface area contributed by atoms with E-state index >= 15 is 0 Å². The van der Waals surface area contributed by atoms with E-state index in [0.717, 1.165) is 37.4 Å². The molecule has 1 aromatic heterocycles. The van der Waals surface area contributed by atoms with Crippen LogP contribution < -0.4 is 19.6 Å². The molecule has 144 valence electrons. The number of rotatable bonds is 5. The Morgan fingerprint density at radius 1 is 1.22 bits per heavy atom. The van der Waals surface area contributed by atoms with E-state index in [-0.39, 0.29) is 16.6 Å². The average Bonchev–Trinajstić information content (AvgIpc) is 3.09. The second-order valence-corrected chi connectivity index (χ2v) is 7.77. The second-order valence-electron chi connectivity index (χ2n) is 7.77. The highest BCUT2D eigenvalue weighted by Gasteiger charge is 2.32. The van der Waals surface area contributed by atoms with Gasteiger partial charge in [-0.3, -0.25) is 9.69 Å². The van der Waals surface area contributed by atoms with Crippen LogP contribution in [0, 0.1) is 5.41 Å². The summed E-state index contributed by atoms with van der Waals surface area (Å²) in [5.74, 6) is 2.57. The van der Waals surface area contributed by atoms with Crippen molar-refractivity contribution in [1.82, 2.24) is 4.90 Å². The first-order valence-corrected chi connectivity index (χ1v) is 9.31. The molecule has 0 N–H and O–H groups in total. The quantitative estimate of drug-likeness (QED) is 0.804. The second kappa shape index (κ2) is 7.27. The number of likely N-dealkylation sites (tertiary alicyclic amines) is 1. The van der Waals surface area contributed by atoms with E-state index in [0.29, 0.717) is 19.1 Å². The van der Waals surface area contributed by atoms with E-state index in [2.05, 4.69) is 24.0 Å². The fourth-order valence-corrected chi connectivity index (χ4v) is 4.14. The highest BCUT2D eigenvalue weighted by molar-refractivity contribution is 5.44. The maximum Gasteiger partial charge on any atom is 0.231 e. The summed E-state index contributed by atoms with van der Waals surface area (Å²) in [7, 11) is 1.47. The first-order valence-electron chi connectivity index (χ1n) is 9.31. The molecule has 0 amide bonds. The van der Waals surface area contributed by atoms with Crippen LogP contribution in [0.2, 0.25) is 0 Å². The lowest BCUT2D eigenvalue weighted by Crippen LogP contribution is -2.42. The van der Waals surface area contributed by atoms with Crippen LogP contribution in [-0.2, 0) is 13.0 Å². The molecule has 6 heteroatoms. The summed E-state index contributed by atoms with van der Waals surface area (Å²) in [4.78, 5) is 14.3. The minimum atomic E-state index is -0.140. The smallest absolute Gasteiger partial charge is 0.231 e. The fraction of sp³-hybridized carbons (Fsp3) is 0.476. The van der Waals surface area contributed by atoms with Gasteiger partial charge in [-0.05, 0) is 48.9 Å². The zero-order valence-corrected chi connectivity index (χ0v) is 15.8. The number of methoxy groups -OCH3 is 1. The van der Waals surface area contributed by atoms with Gasteiger partial charge in [-0.1, -0.05) is 13.0 Å². The summed E-state index contributed by atoms with van der Waals surface area (Å²) in [6.07, 6.45) is 4.67. The molecule has 2 aromatic rings. The predicted octanol–water partition coefficient (Wildman–Crippen LogP) is 3.22. The van der Waals surface area contributed by atoms with E-state index < -0.39 is 0 Å². The Kier molecular flexibility index (Phi) is 4.83. The highest BCUT2D eigenvalue weighted by atomic mass is 16.7. The van der Waals surface area contributed by atoms with Crippen molar-refractivity contribution < 1.29 is 18.6 Å². The number of hydrogen-bond acceptors (Lipinski definition) is 6. The Morgan fingerprint density at radius 2 is 2.07 bits per heavy atom. The van der Waals surface area contributed by atoms with Gasteiger partial charge in [0.05, 0.1) is 13.7 Å². The molecule has 0 aliphatic carbocycles. The van der Waals surface area contributed by atoms with Crippen molar-refractivity contribution in [2.75, 3.05) is 27.0 Å². The fourth-order valence-electron chi connectivity index (χ4n) is 4.14. The predicted molar refractivity (Wildman–Crippen MR) is 100 cm³/mol. The zero-order valence-electron chi connectivity index (χ0n) is 15.8. The highest BCUT2D eigenvalue weighted by Crippen LogP contribution is 2.37. The van der Waals surface area contributed by atoms with Crippen molar-refractivity contribution in [2.24, 2.45) is 5.41 Å². The Bertz CT molecular complexity index is 877. The molecule has 6 nitrogen and oxygen atoms in total. The van der Waals surface area contributed by atoms with Gasteiger partial charge >= 0.3 is 0 Å². The minimum absolute atomic E-state index is 0.140. The first-order chi connectivity index (χ1) is 13.0. The van der Waals surface area contributed by atoms with E-state index in [1.165, 1.54) is 31.4 Å². The van der Waals surface area contributed by atoms with Gasteiger partial charge in [-0.2, -0.15) is 0 Å². The summed E-state index contributed by atoms with van der Waals surface area (Å²) in [6, 6.07) is 7.74. The Morgan fingerprint density at radius 3 is 2.89 bits per heavy atom. The van der Waals surface area contributed by atoms with Gasteiger partial charge in [0, 0.05) is 12.6 Å². The maximum absolute atomic E-state index is 11.9. The van der Waals surface area contributed by atoms with Crippen LogP contribution in [0.1, 0.15) is 31.1 Å². The third-order valence-electron chi connectivity index (χ3n) is 5.38. The van der Waals surface area contributed by atoms with E-state index in [9.17, 15) is 4.79 Å². The molecule has 3 heterocycles. The molecule has 0 unspecified atom stereocenters. The van der Waals surface area contributed by atoms with Gasteiger partial charge < -0.3 is 18.6 Å². The summed E-state index contributed by atoms with van der Waals surface area (Å²) in [5.41, 5.74) is 1.29. The molecule has 1 fully saturated rings. The molecule has 1 saturated heterocycles. The molecule has 27 heavy (non-hydrogen) atoms. The van der Waals surface area contributed by atoms with Crippen molar-refractivity contribution in [3.05, 3.63) is 52.1 Å². The van der Waals surface area contributed by atoms with Crippen molar-refractivity contribution in [2.45, 2.75) is 32.7 Å². The standard InChI is InChI=1S/C21H25NO5/c1-21(10-15-4-5-18-19(8-15)27-14-26-18)6-3-7-22(13-21)11-16-9-17(23)20(24-2)12-25-16/h4-5,8-9,12H,3,6-7,10-11,13-14H2,1-2H3/t21-/m1/s1. The van der Waals surface area contributed by atoms with Crippen LogP contribution in [0.3, 0.4) is 0 Å². The van der Waals surface area contributed by atoms with Gasteiger partial charge in [-0.25, -0.2) is 0 Å². The van der Waals surface area contributed by atoms with Crippen molar-refractivity contribution in [3.63, 3.8) is 0 Å². The number of hydrogen-bond donors (Lipinski definition) is 0. The average molecular weight is 371 g/mol. The molecule has 4 rings (SSSR count). The molecule has 0 spiro atoms. The van der Waals surface area contributed by atoms with Gasteiger partial charge in [0.25, 0.3) is 0 Å². The van der Waals surface area contributed by atoms with E-state index in [1.54, 1.807) is 0 Å². The summed E-state index contributed by atoms with van der Waals surface area (Å²) in [6.45, 7) is 5.23. The van der Waals surface area contributed by atoms with Crippen LogP contribution in [0.15, 0.2) is 39.7 Å². The van der Waals surface area contributed by atoms with E-state index in [1.807, 2.05) is 6.07 Å². The minimum Gasteiger partial charge on any atom is -0.490 e. The summed E-state index contributed by atoms with van der Waals surface area (Å²) >= 11 is 0. The lowest BCUT2D eigenvalue weighted by Gasteiger charge is -2.40. The molecular formula is C21H25NO5. The van der Waals surface area contributed by atoms with Crippen molar-refractivity contribution in [1.29, 1.82) is 0 Å². The third-order valence-corrected chi connectivity index (χ3v) is 5.38. The lowest BCUT2D eigenvalue weighted by molar-refractivity contribution is 0.0905. The van der Waals surface area contributed by atoms with Gasteiger partial charge in [0.1, 0.15) is 12.0 Å². The van der Waals surface area contributed by atoms with Crippen LogP contribution in [0.4, 0.5) is 0 Å². The Balaban J connectivity index is 1.43. The topological polar surface area (TPSA) is 61.1 Å². The number of fused-ring (bicyclic) bond motifs is 1. The zero-order chi connectivity index (χ0) is 18.9. The van der Waals surface area contributed by atoms with Crippen LogP contribution in [0.5, 0.6) is 17.2 Å². The van der Waals surface area contributed by atoms with E-state index in [4.69, 9.17) is 18.6 Å². The van der Waals surface area contributed by atoms with Crippen LogP contribution in [0.25, 0.3) is 0 Å². The molecule has 2 aliphatic rings. The van der Waals surface area contributed by atoms with Gasteiger partial charge in [0.15, 0.2) is 11.5 Å². The number of benzene rings is 1. The molecule has 0 radical (unpaired) electrons. The first kappa shape index (κ1) is 17.9. The Hall–Kier alpha value is -2.47. The summed E-state index contributed by atoms with van der Waals surface area (Å²) in [5, 5.41) is 0. The Labute approximate surface area is 158 Å². The molecule has 1 aromatic carbocycles.